The van der Waals surface area contributed by atoms with Crippen LogP contribution in [-0.2, 0) is 0 Å². The van der Waals surface area contributed by atoms with E-state index < -0.39 is 5.97 Å². The fraction of sp³-hybridized carbons (Fsp3) is 0.0556. The smallest absolute Gasteiger partial charge is 0.335 e. The lowest BCUT2D eigenvalue weighted by molar-refractivity contribution is 0.0697. The minimum absolute atomic E-state index is 0.251. The minimum atomic E-state index is -0.942. The van der Waals surface area contributed by atoms with Crippen molar-refractivity contribution in [1.29, 1.82) is 0 Å². The second-order valence-electron chi connectivity index (χ2n) is 5.29. The lowest BCUT2D eigenvalue weighted by atomic mass is 10.2. The summed E-state index contributed by atoms with van der Waals surface area (Å²) in [5, 5.41) is 12.3. The van der Waals surface area contributed by atoms with Gasteiger partial charge in [0.05, 0.1) is 27.5 Å². The first kappa shape index (κ1) is 16.0. The van der Waals surface area contributed by atoms with Gasteiger partial charge in [0, 0.05) is 10.6 Å². The summed E-state index contributed by atoms with van der Waals surface area (Å²) in [4.78, 5) is 13.0. The molecule has 0 spiro atoms. The highest BCUT2D eigenvalue weighted by Gasteiger charge is 2.17. The molecule has 2 aromatic carbocycles. The lowest BCUT2D eigenvalue weighted by Crippen LogP contribution is -2.22. The van der Waals surface area contributed by atoms with E-state index in [0.29, 0.717) is 0 Å². The van der Waals surface area contributed by atoms with Gasteiger partial charge in [0.2, 0.25) is 0 Å². The molecule has 0 saturated carbocycles. The summed E-state index contributed by atoms with van der Waals surface area (Å²) >= 11 is 1.65. The Kier molecular flexibility index (Phi) is 4.48. The summed E-state index contributed by atoms with van der Waals surface area (Å²) in [5.74, 6) is -0.942. The number of carboxylic acids is 1. The van der Waals surface area contributed by atoms with Gasteiger partial charge in [-0.25, -0.2) is 4.79 Å². The monoisotopic (exact) mass is 339 g/mol. The normalized spacial score (nSPS) is 12.9. The maximum Gasteiger partial charge on any atom is 0.335 e. The maximum absolute atomic E-state index is 10.9. The number of carbonyl (C=O) groups is 1. The number of carboxylic acid groups (broad SMARTS) is 1. The minimum Gasteiger partial charge on any atom is -0.478 e. The van der Waals surface area contributed by atoms with Gasteiger partial charge in [-0.05, 0) is 43.3 Å². The van der Waals surface area contributed by atoms with Crippen LogP contribution in [0, 0.1) is 0 Å². The van der Waals surface area contributed by atoms with Crippen molar-refractivity contribution in [1.82, 2.24) is 5.43 Å². The highest BCUT2D eigenvalue weighted by Crippen LogP contribution is 2.41. The van der Waals surface area contributed by atoms with Crippen LogP contribution in [0.2, 0.25) is 0 Å². The number of fused-ring (bicyclic) bond motifs is 1. The van der Waals surface area contributed by atoms with E-state index in [1.807, 2.05) is 25.1 Å². The van der Waals surface area contributed by atoms with Crippen LogP contribution in [0.3, 0.4) is 0 Å². The van der Waals surface area contributed by atoms with E-state index in [4.69, 9.17) is 5.11 Å². The van der Waals surface area contributed by atoms with Crippen molar-refractivity contribution < 1.29 is 9.90 Å². The molecule has 0 radical (unpaired) electrons. The zero-order valence-corrected chi connectivity index (χ0v) is 13.9. The first-order chi connectivity index (χ1) is 11.5. The molecule has 0 fully saturated rings. The van der Waals surface area contributed by atoms with Gasteiger partial charge < -0.3 is 21.3 Å². The molecule has 0 unspecified atom stereocenters. The molecule has 0 aliphatic carbocycles. The number of aromatic carboxylic acids is 1. The average Bonchev–Trinajstić information content (AvgIpc) is 2.59. The first-order valence-electron chi connectivity index (χ1n) is 7.34. The summed E-state index contributed by atoms with van der Waals surface area (Å²) < 4.78 is 0. The Morgan fingerprint density at radius 3 is 2.58 bits per heavy atom. The Morgan fingerprint density at radius 2 is 1.88 bits per heavy atom. The molecule has 3 rings (SSSR count). The Bertz CT molecular complexity index is 828. The SMILES string of the molecule is C=C(NNc1ccc(C(=O)O)cc1)C1=C(C)Nc2ccccc2S1. The number of hydrazine groups is 1. The molecule has 24 heavy (non-hydrogen) atoms. The van der Waals surface area contributed by atoms with Gasteiger partial charge in [0.15, 0.2) is 0 Å². The third-order valence-corrected chi connectivity index (χ3v) is 4.86. The summed E-state index contributed by atoms with van der Waals surface area (Å²) in [7, 11) is 0. The van der Waals surface area contributed by atoms with E-state index in [0.717, 1.165) is 32.6 Å². The average molecular weight is 339 g/mol. The van der Waals surface area contributed by atoms with Gasteiger partial charge in [-0.3, -0.25) is 0 Å². The topological polar surface area (TPSA) is 73.4 Å². The Hall–Kier alpha value is -2.86. The van der Waals surface area contributed by atoms with Crippen LogP contribution in [0.4, 0.5) is 11.4 Å². The molecule has 0 atom stereocenters. The van der Waals surface area contributed by atoms with E-state index in [-0.39, 0.29) is 5.56 Å². The standard InChI is InChI=1S/C18H17N3O2S/c1-11-17(24-16-6-4-3-5-15(16)19-11)12(2)20-21-14-9-7-13(8-10-14)18(22)23/h3-10,19-21H,2H2,1H3,(H,22,23). The molecule has 0 aromatic heterocycles. The molecule has 122 valence electrons. The van der Waals surface area contributed by atoms with E-state index in [1.54, 1.807) is 36.0 Å². The van der Waals surface area contributed by atoms with E-state index >= 15 is 0 Å². The molecule has 6 heteroatoms. The predicted molar refractivity (Wildman–Crippen MR) is 97.9 cm³/mol. The molecule has 0 saturated heterocycles. The molecule has 1 aliphatic rings. The van der Waals surface area contributed by atoms with Crippen LogP contribution in [0.15, 0.2) is 76.3 Å². The van der Waals surface area contributed by atoms with Crippen LogP contribution < -0.4 is 16.2 Å². The zero-order valence-electron chi connectivity index (χ0n) is 13.1. The maximum atomic E-state index is 10.9. The van der Waals surface area contributed by atoms with Crippen molar-refractivity contribution in [2.24, 2.45) is 0 Å². The van der Waals surface area contributed by atoms with Gasteiger partial charge in [-0.1, -0.05) is 30.5 Å². The van der Waals surface area contributed by atoms with Crippen molar-refractivity contribution >= 4 is 29.1 Å². The predicted octanol–water partition coefficient (Wildman–Crippen LogP) is 4.26. The van der Waals surface area contributed by atoms with Crippen LogP contribution >= 0.6 is 11.8 Å². The van der Waals surface area contributed by atoms with E-state index in [9.17, 15) is 4.79 Å². The molecular formula is C18H17N3O2S. The third kappa shape index (κ3) is 3.38. The number of nitrogens with one attached hydrogen (secondary N) is 3. The number of hydrogen-bond acceptors (Lipinski definition) is 5. The zero-order chi connectivity index (χ0) is 17.1. The molecule has 4 N–H and O–H groups in total. The molecular weight excluding hydrogens is 322 g/mol. The molecule has 2 aromatic rings. The van der Waals surface area contributed by atoms with Crippen LogP contribution in [0.5, 0.6) is 0 Å². The fourth-order valence-corrected chi connectivity index (χ4v) is 3.27. The van der Waals surface area contributed by atoms with E-state index in [1.165, 1.54) is 0 Å². The Morgan fingerprint density at radius 1 is 1.17 bits per heavy atom. The molecule has 1 heterocycles. The number of anilines is 2. The van der Waals surface area contributed by atoms with Gasteiger partial charge >= 0.3 is 5.97 Å². The number of para-hydroxylation sites is 1. The second-order valence-corrected chi connectivity index (χ2v) is 6.34. The first-order valence-corrected chi connectivity index (χ1v) is 8.15. The number of hydrogen-bond donors (Lipinski definition) is 4. The van der Waals surface area contributed by atoms with Gasteiger partial charge in [-0.15, -0.1) is 0 Å². The summed E-state index contributed by atoms with van der Waals surface area (Å²) in [6.07, 6.45) is 0. The Labute approximate surface area is 144 Å². The van der Waals surface area contributed by atoms with Crippen molar-refractivity contribution in [3.63, 3.8) is 0 Å². The summed E-state index contributed by atoms with van der Waals surface area (Å²) in [5.41, 5.74) is 9.97. The van der Waals surface area contributed by atoms with Gasteiger partial charge in [0.25, 0.3) is 0 Å². The molecule has 0 amide bonds. The highest BCUT2D eigenvalue weighted by atomic mass is 32.2. The van der Waals surface area contributed by atoms with Crippen molar-refractivity contribution in [2.45, 2.75) is 11.8 Å². The van der Waals surface area contributed by atoms with Gasteiger partial charge in [0.1, 0.15) is 0 Å². The van der Waals surface area contributed by atoms with Gasteiger partial charge in [-0.2, -0.15) is 0 Å². The second kappa shape index (κ2) is 6.72. The number of thioether (sulfide) groups is 1. The van der Waals surface area contributed by atoms with Crippen molar-refractivity contribution in [3.8, 4) is 0 Å². The molecule has 1 aliphatic heterocycles. The summed E-state index contributed by atoms with van der Waals surface area (Å²) in [6, 6.07) is 14.6. The third-order valence-electron chi connectivity index (χ3n) is 3.53. The Balaban J connectivity index is 1.66. The molecule has 0 bridgehead atoms. The van der Waals surface area contributed by atoms with Crippen LogP contribution in [0.25, 0.3) is 0 Å². The molecule has 5 nitrogen and oxygen atoms in total. The highest BCUT2D eigenvalue weighted by molar-refractivity contribution is 8.03. The number of rotatable bonds is 5. The van der Waals surface area contributed by atoms with Crippen LogP contribution in [-0.4, -0.2) is 11.1 Å². The van der Waals surface area contributed by atoms with Crippen molar-refractivity contribution in [2.75, 3.05) is 10.7 Å². The van der Waals surface area contributed by atoms with Crippen LogP contribution in [0.1, 0.15) is 17.3 Å². The number of benzene rings is 2. The van der Waals surface area contributed by atoms with E-state index in [2.05, 4.69) is 28.8 Å². The quantitative estimate of drug-likeness (QED) is 0.610. The largest absolute Gasteiger partial charge is 0.478 e. The summed E-state index contributed by atoms with van der Waals surface area (Å²) in [6.45, 7) is 6.08. The lowest BCUT2D eigenvalue weighted by Gasteiger charge is -2.24. The fourth-order valence-electron chi connectivity index (χ4n) is 2.29. The van der Waals surface area contributed by atoms with Crippen molar-refractivity contribution in [3.05, 3.63) is 77.0 Å². The number of allylic oxidation sites excluding steroid dienone is 1.